The summed E-state index contributed by atoms with van der Waals surface area (Å²) in [5.41, 5.74) is 4.77. The molecule has 0 spiro atoms. The molecule has 0 radical (unpaired) electrons. The van der Waals surface area contributed by atoms with Crippen molar-refractivity contribution in [2.24, 2.45) is 11.8 Å². The molecule has 7 heteroatoms. The average molecular weight is 463 g/mol. The van der Waals surface area contributed by atoms with Gasteiger partial charge < -0.3 is 20.5 Å². The number of carbonyl (C=O) groups is 3. The number of carboxylic acids is 1. The molecular formula is C27H30N2O5. The number of carboxylic acid groups (broad SMARTS) is 1. The van der Waals surface area contributed by atoms with Gasteiger partial charge in [0, 0.05) is 23.9 Å². The van der Waals surface area contributed by atoms with Gasteiger partial charge in [0.2, 0.25) is 5.91 Å². The summed E-state index contributed by atoms with van der Waals surface area (Å²) in [6.45, 7) is 0.288. The molecule has 0 aromatic heterocycles. The number of hydrogen-bond donors (Lipinski definition) is 3. The molecule has 0 unspecified atom stereocenters. The van der Waals surface area contributed by atoms with Crippen molar-refractivity contribution in [2.75, 3.05) is 6.61 Å². The van der Waals surface area contributed by atoms with E-state index in [0.29, 0.717) is 25.7 Å². The van der Waals surface area contributed by atoms with Crippen LogP contribution in [-0.4, -0.2) is 41.8 Å². The summed E-state index contributed by atoms with van der Waals surface area (Å²) in [4.78, 5) is 35.9. The Labute approximate surface area is 198 Å². The zero-order valence-electron chi connectivity index (χ0n) is 19.0. The Morgan fingerprint density at radius 1 is 0.794 bits per heavy atom. The maximum absolute atomic E-state index is 12.5. The molecule has 2 fully saturated rings. The van der Waals surface area contributed by atoms with Crippen LogP contribution < -0.4 is 10.6 Å². The number of alkyl carbamates (subject to hydrolysis) is 1. The zero-order chi connectivity index (χ0) is 23.7. The molecule has 5 rings (SSSR count). The number of amides is 2. The lowest BCUT2D eigenvalue weighted by Crippen LogP contribution is -2.49. The van der Waals surface area contributed by atoms with Gasteiger partial charge in [-0.05, 0) is 60.8 Å². The molecule has 7 nitrogen and oxygen atoms in total. The van der Waals surface area contributed by atoms with Crippen LogP contribution >= 0.6 is 0 Å². The normalized spacial score (nSPS) is 25.4. The second-order valence-corrected chi connectivity index (χ2v) is 9.73. The molecule has 34 heavy (non-hydrogen) atoms. The highest BCUT2D eigenvalue weighted by Crippen LogP contribution is 2.44. The van der Waals surface area contributed by atoms with Gasteiger partial charge in [0.25, 0.3) is 0 Å². The van der Waals surface area contributed by atoms with Crippen molar-refractivity contribution in [1.29, 1.82) is 0 Å². The Bertz CT molecular complexity index is 1040. The van der Waals surface area contributed by atoms with E-state index in [0.717, 1.165) is 12.8 Å². The fourth-order valence-electron chi connectivity index (χ4n) is 5.56. The predicted octanol–water partition coefficient (Wildman–Crippen LogP) is 4.06. The number of hydrogen-bond acceptors (Lipinski definition) is 4. The SMILES string of the molecule is O=C(NC1CCC(C(=O)NC2CC(C(=O)O)C2)CC1)OCC1c2ccccc2-c2ccccc21. The fourth-order valence-corrected chi connectivity index (χ4v) is 5.56. The van der Waals surface area contributed by atoms with E-state index in [1.807, 2.05) is 24.3 Å². The molecule has 2 aromatic carbocycles. The van der Waals surface area contributed by atoms with E-state index in [1.54, 1.807) is 0 Å². The van der Waals surface area contributed by atoms with Crippen LogP contribution in [0.3, 0.4) is 0 Å². The molecule has 0 aliphatic heterocycles. The van der Waals surface area contributed by atoms with Crippen LogP contribution in [0.4, 0.5) is 4.79 Å². The quantitative estimate of drug-likeness (QED) is 0.600. The molecule has 3 aliphatic rings. The summed E-state index contributed by atoms with van der Waals surface area (Å²) in [6, 6.07) is 16.5. The lowest BCUT2D eigenvalue weighted by atomic mass is 9.79. The second kappa shape index (κ2) is 9.49. The van der Waals surface area contributed by atoms with Crippen molar-refractivity contribution in [3.63, 3.8) is 0 Å². The van der Waals surface area contributed by atoms with Crippen LogP contribution in [0.5, 0.6) is 0 Å². The first kappa shape index (κ1) is 22.4. The monoisotopic (exact) mass is 462 g/mol. The first-order chi connectivity index (χ1) is 16.5. The summed E-state index contributed by atoms with van der Waals surface area (Å²) in [7, 11) is 0. The van der Waals surface area contributed by atoms with Crippen LogP contribution in [0.25, 0.3) is 11.1 Å². The van der Waals surface area contributed by atoms with Crippen LogP contribution in [0.15, 0.2) is 48.5 Å². The minimum Gasteiger partial charge on any atom is -0.481 e. The van der Waals surface area contributed by atoms with E-state index in [2.05, 4.69) is 34.9 Å². The molecule has 0 atom stereocenters. The van der Waals surface area contributed by atoms with Crippen molar-refractivity contribution in [2.45, 2.75) is 56.5 Å². The topological polar surface area (TPSA) is 105 Å². The average Bonchev–Trinajstić information content (AvgIpc) is 3.13. The third-order valence-corrected chi connectivity index (χ3v) is 7.60. The van der Waals surface area contributed by atoms with Crippen LogP contribution in [0.1, 0.15) is 55.6 Å². The van der Waals surface area contributed by atoms with Crippen molar-refractivity contribution in [1.82, 2.24) is 10.6 Å². The molecule has 0 heterocycles. The van der Waals surface area contributed by atoms with Gasteiger partial charge in [-0.2, -0.15) is 0 Å². The Hall–Kier alpha value is -3.35. The summed E-state index contributed by atoms with van der Waals surface area (Å²) >= 11 is 0. The summed E-state index contributed by atoms with van der Waals surface area (Å²) in [5.74, 6) is -1.16. The Morgan fingerprint density at radius 3 is 1.97 bits per heavy atom. The smallest absolute Gasteiger partial charge is 0.407 e. The van der Waals surface area contributed by atoms with E-state index >= 15 is 0 Å². The molecule has 0 bridgehead atoms. The largest absolute Gasteiger partial charge is 0.481 e. The van der Waals surface area contributed by atoms with Gasteiger partial charge in [0.1, 0.15) is 6.61 Å². The fraction of sp³-hybridized carbons (Fsp3) is 0.444. The van der Waals surface area contributed by atoms with Gasteiger partial charge in [-0.25, -0.2) is 4.79 Å². The third kappa shape index (κ3) is 4.52. The molecule has 178 valence electrons. The maximum atomic E-state index is 12.5. The summed E-state index contributed by atoms with van der Waals surface area (Å²) in [5, 5.41) is 14.9. The van der Waals surface area contributed by atoms with Gasteiger partial charge in [0.05, 0.1) is 5.92 Å². The number of benzene rings is 2. The van der Waals surface area contributed by atoms with Crippen molar-refractivity contribution < 1.29 is 24.2 Å². The minimum atomic E-state index is -0.787. The van der Waals surface area contributed by atoms with Gasteiger partial charge in [-0.3, -0.25) is 9.59 Å². The standard InChI is InChI=1S/C27H30N2O5/c30-25(28-19-13-17(14-19)26(31)32)16-9-11-18(12-10-16)29-27(33)34-15-24-22-7-3-1-5-20(22)21-6-2-4-8-23(21)24/h1-8,16-19,24H,9-15H2,(H,28,30)(H,29,33)(H,31,32). The van der Waals surface area contributed by atoms with Crippen molar-refractivity contribution >= 4 is 18.0 Å². The number of carbonyl (C=O) groups excluding carboxylic acids is 2. The predicted molar refractivity (Wildman–Crippen MR) is 126 cm³/mol. The van der Waals surface area contributed by atoms with E-state index in [9.17, 15) is 14.4 Å². The molecule has 2 saturated carbocycles. The number of fused-ring (bicyclic) bond motifs is 3. The molecule has 3 N–H and O–H groups in total. The van der Waals surface area contributed by atoms with Crippen LogP contribution in [-0.2, 0) is 14.3 Å². The van der Waals surface area contributed by atoms with Gasteiger partial charge in [-0.15, -0.1) is 0 Å². The first-order valence-electron chi connectivity index (χ1n) is 12.1. The van der Waals surface area contributed by atoms with Crippen LogP contribution in [0.2, 0.25) is 0 Å². The van der Waals surface area contributed by atoms with Gasteiger partial charge in [0.15, 0.2) is 0 Å². The Morgan fingerprint density at radius 2 is 1.38 bits per heavy atom. The first-order valence-corrected chi connectivity index (χ1v) is 12.1. The van der Waals surface area contributed by atoms with Crippen LogP contribution in [0, 0.1) is 11.8 Å². The lowest BCUT2D eigenvalue weighted by Gasteiger charge is -2.35. The van der Waals surface area contributed by atoms with Gasteiger partial charge >= 0.3 is 12.1 Å². The van der Waals surface area contributed by atoms with Crippen molar-refractivity contribution in [3.05, 3.63) is 59.7 Å². The molecule has 3 aliphatic carbocycles. The number of rotatable bonds is 6. The second-order valence-electron chi connectivity index (χ2n) is 9.73. The Kier molecular flexibility index (Phi) is 6.26. The van der Waals surface area contributed by atoms with Gasteiger partial charge in [-0.1, -0.05) is 48.5 Å². The highest BCUT2D eigenvalue weighted by atomic mass is 16.5. The molecular weight excluding hydrogens is 432 g/mol. The number of aliphatic carboxylic acids is 1. The maximum Gasteiger partial charge on any atom is 0.407 e. The van der Waals surface area contributed by atoms with Crippen molar-refractivity contribution in [3.8, 4) is 11.1 Å². The molecule has 0 saturated heterocycles. The highest BCUT2D eigenvalue weighted by molar-refractivity contribution is 5.80. The zero-order valence-corrected chi connectivity index (χ0v) is 19.0. The summed E-state index contributed by atoms with van der Waals surface area (Å²) < 4.78 is 5.64. The van der Waals surface area contributed by atoms with E-state index in [1.165, 1.54) is 22.3 Å². The molecule has 2 amide bonds. The number of ether oxygens (including phenoxy) is 1. The Balaban J connectivity index is 1.07. The third-order valence-electron chi connectivity index (χ3n) is 7.60. The lowest BCUT2D eigenvalue weighted by molar-refractivity contribution is -0.146. The minimum absolute atomic E-state index is 0.000191. The van der Waals surface area contributed by atoms with E-state index in [-0.39, 0.29) is 42.4 Å². The van der Waals surface area contributed by atoms with E-state index in [4.69, 9.17) is 9.84 Å². The highest BCUT2D eigenvalue weighted by Gasteiger charge is 2.37. The number of nitrogens with one attached hydrogen (secondary N) is 2. The molecule has 2 aromatic rings. The summed E-state index contributed by atoms with van der Waals surface area (Å²) in [6.07, 6.45) is 3.48. The van der Waals surface area contributed by atoms with E-state index < -0.39 is 12.1 Å².